The summed E-state index contributed by atoms with van der Waals surface area (Å²) in [5.74, 6) is 0.693. The van der Waals surface area contributed by atoms with Crippen molar-refractivity contribution in [1.82, 2.24) is 14.9 Å². The summed E-state index contributed by atoms with van der Waals surface area (Å²) in [5, 5.41) is 0. The van der Waals surface area contributed by atoms with Crippen LogP contribution in [0.4, 0.5) is 0 Å². The number of aromatic nitrogens is 2. The number of aryl methyl sites for hydroxylation is 1. The normalized spacial score (nSPS) is 15.2. The molecule has 1 aliphatic heterocycles. The molecule has 0 aliphatic carbocycles. The number of nitrogens with one attached hydrogen (secondary N) is 2. The largest absolute Gasteiger partial charge is 0.343 e. The van der Waals surface area contributed by atoms with Crippen LogP contribution in [0.15, 0.2) is 39.9 Å². The lowest BCUT2D eigenvalue weighted by atomic mass is 9.90. The Labute approximate surface area is 152 Å². The van der Waals surface area contributed by atoms with Gasteiger partial charge in [0.15, 0.2) is 0 Å². The zero-order valence-electron chi connectivity index (χ0n) is 15.1. The van der Waals surface area contributed by atoms with Crippen LogP contribution < -0.4 is 11.2 Å². The van der Waals surface area contributed by atoms with E-state index in [-0.39, 0.29) is 5.91 Å². The van der Waals surface area contributed by atoms with Crippen LogP contribution in [0.5, 0.6) is 0 Å². The van der Waals surface area contributed by atoms with Crippen molar-refractivity contribution in [3.05, 3.63) is 68.0 Å². The third-order valence-electron chi connectivity index (χ3n) is 5.18. The number of aromatic amines is 2. The Kier molecular flexibility index (Phi) is 5.71. The number of hydrogen-bond acceptors (Lipinski definition) is 3. The van der Waals surface area contributed by atoms with Crippen LogP contribution >= 0.6 is 0 Å². The molecule has 0 atom stereocenters. The van der Waals surface area contributed by atoms with Gasteiger partial charge in [0, 0.05) is 30.8 Å². The van der Waals surface area contributed by atoms with Gasteiger partial charge in [-0.1, -0.05) is 30.3 Å². The lowest BCUT2D eigenvalue weighted by Gasteiger charge is -2.32. The summed E-state index contributed by atoms with van der Waals surface area (Å²) in [4.78, 5) is 42.3. The van der Waals surface area contributed by atoms with Crippen molar-refractivity contribution >= 4 is 5.91 Å². The first-order chi connectivity index (χ1) is 12.5. The SMILES string of the molecule is Cc1[nH]c(=O)[nH]c(=O)c1CCC(=O)N1CCC(Cc2ccccc2)CC1. The van der Waals surface area contributed by atoms with E-state index in [4.69, 9.17) is 0 Å². The molecule has 6 heteroatoms. The van der Waals surface area contributed by atoms with Crippen molar-refractivity contribution in [2.45, 2.75) is 39.0 Å². The molecule has 0 radical (unpaired) electrons. The van der Waals surface area contributed by atoms with Crippen LogP contribution in [0.1, 0.15) is 36.1 Å². The minimum atomic E-state index is -0.511. The number of carbonyl (C=O) groups excluding carboxylic acids is 1. The van der Waals surface area contributed by atoms with Gasteiger partial charge in [-0.05, 0) is 44.1 Å². The summed E-state index contributed by atoms with van der Waals surface area (Å²) < 4.78 is 0. The molecule has 2 N–H and O–H groups in total. The fourth-order valence-corrected chi connectivity index (χ4v) is 3.65. The Morgan fingerprint density at radius 1 is 1.12 bits per heavy atom. The van der Waals surface area contributed by atoms with Gasteiger partial charge in [0.05, 0.1) is 0 Å². The first-order valence-electron chi connectivity index (χ1n) is 9.16. The van der Waals surface area contributed by atoms with Gasteiger partial charge < -0.3 is 9.88 Å². The average molecular weight is 355 g/mol. The highest BCUT2D eigenvalue weighted by Crippen LogP contribution is 2.22. The number of piperidine rings is 1. The molecule has 0 unspecified atom stereocenters. The molecule has 1 saturated heterocycles. The Balaban J connectivity index is 1.50. The van der Waals surface area contributed by atoms with E-state index in [2.05, 4.69) is 34.2 Å². The molecule has 2 aromatic rings. The molecule has 26 heavy (non-hydrogen) atoms. The van der Waals surface area contributed by atoms with E-state index in [1.54, 1.807) is 6.92 Å². The molecule has 1 aromatic carbocycles. The summed E-state index contributed by atoms with van der Waals surface area (Å²) in [6.45, 7) is 3.24. The molecule has 1 aliphatic rings. The second kappa shape index (κ2) is 8.17. The molecule has 138 valence electrons. The van der Waals surface area contributed by atoms with E-state index in [1.165, 1.54) is 5.56 Å². The fraction of sp³-hybridized carbons (Fsp3) is 0.450. The minimum absolute atomic E-state index is 0.0770. The van der Waals surface area contributed by atoms with E-state index in [0.717, 1.165) is 32.4 Å². The van der Waals surface area contributed by atoms with Gasteiger partial charge in [-0.25, -0.2) is 4.79 Å². The molecule has 1 amide bonds. The van der Waals surface area contributed by atoms with E-state index in [1.807, 2.05) is 11.0 Å². The summed E-state index contributed by atoms with van der Waals surface area (Å²) in [5.41, 5.74) is 1.46. The lowest BCUT2D eigenvalue weighted by Crippen LogP contribution is -2.39. The van der Waals surface area contributed by atoms with E-state index in [9.17, 15) is 14.4 Å². The number of hydrogen-bond donors (Lipinski definition) is 2. The molecule has 3 rings (SSSR count). The number of carbonyl (C=O) groups is 1. The van der Waals surface area contributed by atoms with Crippen LogP contribution in [-0.2, 0) is 17.6 Å². The second-order valence-electron chi connectivity index (χ2n) is 7.03. The van der Waals surface area contributed by atoms with E-state index >= 15 is 0 Å². The first-order valence-corrected chi connectivity index (χ1v) is 9.16. The van der Waals surface area contributed by atoms with Gasteiger partial charge in [0.1, 0.15) is 0 Å². The van der Waals surface area contributed by atoms with Gasteiger partial charge in [-0.3, -0.25) is 14.6 Å². The third-order valence-corrected chi connectivity index (χ3v) is 5.18. The highest BCUT2D eigenvalue weighted by molar-refractivity contribution is 5.76. The average Bonchev–Trinajstić information content (AvgIpc) is 2.62. The van der Waals surface area contributed by atoms with Gasteiger partial charge in [-0.2, -0.15) is 0 Å². The Morgan fingerprint density at radius 3 is 2.46 bits per heavy atom. The number of rotatable bonds is 5. The number of amides is 1. The minimum Gasteiger partial charge on any atom is -0.343 e. The van der Waals surface area contributed by atoms with Gasteiger partial charge in [-0.15, -0.1) is 0 Å². The van der Waals surface area contributed by atoms with Crippen LogP contribution in [0.25, 0.3) is 0 Å². The molecule has 0 saturated carbocycles. The maximum atomic E-state index is 12.5. The Hall–Kier alpha value is -2.63. The monoisotopic (exact) mass is 355 g/mol. The molecule has 0 bridgehead atoms. The fourth-order valence-electron chi connectivity index (χ4n) is 3.65. The summed E-state index contributed by atoms with van der Waals surface area (Å²) in [7, 11) is 0. The van der Waals surface area contributed by atoms with Crippen molar-refractivity contribution in [2.75, 3.05) is 13.1 Å². The highest BCUT2D eigenvalue weighted by atomic mass is 16.2. The molecular weight excluding hydrogens is 330 g/mol. The van der Waals surface area contributed by atoms with Crippen molar-refractivity contribution in [2.24, 2.45) is 5.92 Å². The van der Waals surface area contributed by atoms with Crippen molar-refractivity contribution in [3.63, 3.8) is 0 Å². The third kappa shape index (κ3) is 4.50. The predicted octanol–water partition coefficient (Wildman–Crippen LogP) is 1.79. The first kappa shape index (κ1) is 18.2. The van der Waals surface area contributed by atoms with Crippen LogP contribution in [0, 0.1) is 12.8 Å². The number of benzene rings is 1. The summed E-state index contributed by atoms with van der Waals surface area (Å²) in [6, 6.07) is 10.5. The molecule has 1 fully saturated rings. The number of H-pyrrole nitrogens is 2. The summed E-state index contributed by atoms with van der Waals surface area (Å²) >= 11 is 0. The Morgan fingerprint density at radius 2 is 1.81 bits per heavy atom. The lowest BCUT2D eigenvalue weighted by molar-refractivity contribution is -0.132. The van der Waals surface area contributed by atoms with Gasteiger partial charge in [0.2, 0.25) is 5.91 Å². The molecule has 0 spiro atoms. The van der Waals surface area contributed by atoms with Crippen LogP contribution in [0.3, 0.4) is 0 Å². The molecule has 1 aromatic heterocycles. The van der Waals surface area contributed by atoms with Crippen LogP contribution in [-0.4, -0.2) is 33.9 Å². The van der Waals surface area contributed by atoms with Crippen LogP contribution in [0.2, 0.25) is 0 Å². The smallest absolute Gasteiger partial charge is 0.325 e. The topological polar surface area (TPSA) is 86.0 Å². The van der Waals surface area contributed by atoms with Crippen molar-refractivity contribution in [3.8, 4) is 0 Å². The molecule has 6 nitrogen and oxygen atoms in total. The zero-order chi connectivity index (χ0) is 18.5. The standard InChI is InChI=1S/C20H25N3O3/c1-14-17(19(25)22-20(26)21-14)7-8-18(24)23-11-9-16(10-12-23)13-15-5-3-2-4-6-15/h2-6,16H,7-13H2,1H3,(H2,21,22,25,26). The quantitative estimate of drug-likeness (QED) is 0.857. The van der Waals surface area contributed by atoms with Crippen molar-refractivity contribution < 1.29 is 4.79 Å². The molecular formula is C20H25N3O3. The Bertz CT molecular complexity index is 862. The zero-order valence-corrected chi connectivity index (χ0v) is 15.1. The highest BCUT2D eigenvalue weighted by Gasteiger charge is 2.23. The predicted molar refractivity (Wildman–Crippen MR) is 100 cm³/mol. The maximum Gasteiger partial charge on any atom is 0.325 e. The van der Waals surface area contributed by atoms with E-state index in [0.29, 0.717) is 30.0 Å². The summed E-state index contributed by atoms with van der Waals surface area (Å²) in [6.07, 6.45) is 3.73. The molecule has 2 heterocycles. The van der Waals surface area contributed by atoms with Gasteiger partial charge in [0.25, 0.3) is 5.56 Å². The number of nitrogens with zero attached hydrogens (tertiary/aromatic N) is 1. The van der Waals surface area contributed by atoms with Gasteiger partial charge >= 0.3 is 5.69 Å². The maximum absolute atomic E-state index is 12.5. The van der Waals surface area contributed by atoms with Crippen molar-refractivity contribution in [1.29, 1.82) is 0 Å². The van der Waals surface area contributed by atoms with E-state index < -0.39 is 11.2 Å². The number of likely N-dealkylation sites (tertiary alicyclic amines) is 1. The second-order valence-corrected chi connectivity index (χ2v) is 7.03.